The Morgan fingerprint density at radius 2 is 1.70 bits per heavy atom. The van der Waals surface area contributed by atoms with Crippen molar-refractivity contribution in [2.75, 3.05) is 31.1 Å². The number of hydrogen-bond donors (Lipinski definition) is 2. The number of amides is 3. The van der Waals surface area contributed by atoms with Crippen LogP contribution >= 0.6 is 0 Å². The van der Waals surface area contributed by atoms with Gasteiger partial charge in [-0.05, 0) is 76.1 Å². The summed E-state index contributed by atoms with van der Waals surface area (Å²) in [4.78, 5) is 44.1. The number of fused-ring (bicyclic) bond motifs is 1. The molecule has 3 amide bonds. The van der Waals surface area contributed by atoms with Gasteiger partial charge in [-0.15, -0.1) is 0 Å². The number of carbonyl (C=O) groups is 3. The highest BCUT2D eigenvalue weighted by Gasteiger charge is 2.42. The van der Waals surface area contributed by atoms with E-state index in [2.05, 4.69) is 5.32 Å². The van der Waals surface area contributed by atoms with Crippen LogP contribution < -0.4 is 10.2 Å². The van der Waals surface area contributed by atoms with Gasteiger partial charge in [0.15, 0.2) is 0 Å². The number of para-hydroxylation sites is 1. The SMILES string of the molecule is CC(C)N1Cc2ccccc2N(C(=O)N2CCC(C3CCNCC3)CC2)C(CC(=O)O)C1=O. The number of anilines is 1. The molecule has 3 aliphatic rings. The van der Waals surface area contributed by atoms with Crippen molar-refractivity contribution in [1.82, 2.24) is 15.1 Å². The standard InChI is InChI=1S/C25H36N4O4/c1-17(2)28-16-20-5-3-4-6-21(20)29(22(24(28)32)15-23(30)31)25(33)27-13-9-19(10-14-27)18-7-11-26-12-8-18/h3-6,17-19,22,26H,7-16H2,1-2H3,(H,30,31). The molecule has 33 heavy (non-hydrogen) atoms. The number of likely N-dealkylation sites (tertiary alicyclic amines) is 1. The van der Waals surface area contributed by atoms with Gasteiger partial charge in [-0.3, -0.25) is 14.5 Å². The number of hydrogen-bond acceptors (Lipinski definition) is 4. The first-order valence-corrected chi connectivity index (χ1v) is 12.3. The summed E-state index contributed by atoms with van der Waals surface area (Å²) in [7, 11) is 0. The first-order chi connectivity index (χ1) is 15.9. The molecule has 0 aromatic heterocycles. The van der Waals surface area contributed by atoms with Crippen molar-refractivity contribution in [1.29, 1.82) is 0 Å². The lowest BCUT2D eigenvalue weighted by Crippen LogP contribution is -2.56. The summed E-state index contributed by atoms with van der Waals surface area (Å²) < 4.78 is 0. The smallest absolute Gasteiger partial charge is 0.325 e. The average Bonchev–Trinajstić information content (AvgIpc) is 2.94. The van der Waals surface area contributed by atoms with Crippen LogP contribution in [0.2, 0.25) is 0 Å². The van der Waals surface area contributed by atoms with E-state index in [9.17, 15) is 19.5 Å². The van der Waals surface area contributed by atoms with Crippen LogP contribution in [0, 0.1) is 11.8 Å². The molecular weight excluding hydrogens is 420 g/mol. The topological polar surface area (TPSA) is 93.2 Å². The lowest BCUT2D eigenvalue weighted by Gasteiger charge is -2.41. The molecule has 2 saturated heterocycles. The summed E-state index contributed by atoms with van der Waals surface area (Å²) in [6.07, 6.45) is 3.90. The molecule has 4 rings (SSSR count). The van der Waals surface area contributed by atoms with Crippen molar-refractivity contribution in [3.05, 3.63) is 29.8 Å². The number of aliphatic carboxylic acids is 1. The third-order valence-electron chi connectivity index (χ3n) is 7.53. The zero-order chi connectivity index (χ0) is 23.5. The number of piperidine rings is 2. The molecule has 0 bridgehead atoms. The lowest BCUT2D eigenvalue weighted by atomic mass is 9.79. The van der Waals surface area contributed by atoms with Crippen molar-refractivity contribution < 1.29 is 19.5 Å². The molecule has 1 aromatic carbocycles. The molecule has 1 aromatic rings. The van der Waals surface area contributed by atoms with Crippen molar-refractivity contribution in [2.45, 2.75) is 64.6 Å². The fourth-order valence-electron chi connectivity index (χ4n) is 5.66. The summed E-state index contributed by atoms with van der Waals surface area (Å²) in [5, 5.41) is 13.0. The average molecular weight is 457 g/mol. The third-order valence-corrected chi connectivity index (χ3v) is 7.53. The van der Waals surface area contributed by atoms with Gasteiger partial charge in [-0.2, -0.15) is 0 Å². The normalized spacial score (nSPS) is 22.9. The fraction of sp³-hybridized carbons (Fsp3) is 0.640. The van der Waals surface area contributed by atoms with E-state index in [4.69, 9.17) is 0 Å². The van der Waals surface area contributed by atoms with Crippen LogP contribution in [0.1, 0.15) is 51.5 Å². The van der Waals surface area contributed by atoms with Gasteiger partial charge < -0.3 is 20.2 Å². The number of urea groups is 1. The van der Waals surface area contributed by atoms with Crippen molar-refractivity contribution in [3.8, 4) is 0 Å². The van der Waals surface area contributed by atoms with E-state index in [-0.39, 0.29) is 18.0 Å². The second-order valence-corrected chi connectivity index (χ2v) is 9.87. The third kappa shape index (κ3) is 5.00. The predicted octanol–water partition coefficient (Wildman–Crippen LogP) is 2.92. The summed E-state index contributed by atoms with van der Waals surface area (Å²) in [6.45, 7) is 7.63. The molecule has 8 heteroatoms. The van der Waals surface area contributed by atoms with Crippen LogP contribution in [0.3, 0.4) is 0 Å². The van der Waals surface area contributed by atoms with E-state index in [0.717, 1.165) is 31.5 Å². The van der Waals surface area contributed by atoms with Crippen LogP contribution in [0.5, 0.6) is 0 Å². The second kappa shape index (κ2) is 10.1. The van der Waals surface area contributed by atoms with Gasteiger partial charge >= 0.3 is 12.0 Å². The lowest BCUT2D eigenvalue weighted by molar-refractivity contribution is -0.142. The Labute approximate surface area is 195 Å². The molecule has 0 radical (unpaired) electrons. The second-order valence-electron chi connectivity index (χ2n) is 9.87. The van der Waals surface area contributed by atoms with E-state index < -0.39 is 18.4 Å². The van der Waals surface area contributed by atoms with E-state index in [0.29, 0.717) is 37.2 Å². The van der Waals surface area contributed by atoms with E-state index in [1.54, 1.807) is 4.90 Å². The maximum absolute atomic E-state index is 13.8. The Kier molecular flexibility index (Phi) is 7.22. The molecule has 2 N–H and O–H groups in total. The van der Waals surface area contributed by atoms with Crippen molar-refractivity contribution in [2.24, 2.45) is 11.8 Å². The van der Waals surface area contributed by atoms with Gasteiger partial charge in [0.05, 0.1) is 12.1 Å². The summed E-state index contributed by atoms with van der Waals surface area (Å²) in [5.41, 5.74) is 1.51. The molecular formula is C25H36N4O4. The molecule has 0 aliphatic carbocycles. The zero-order valence-corrected chi connectivity index (χ0v) is 19.7. The largest absolute Gasteiger partial charge is 0.481 e. The molecule has 2 fully saturated rings. The number of carboxylic acid groups (broad SMARTS) is 1. The Morgan fingerprint density at radius 1 is 1.06 bits per heavy atom. The summed E-state index contributed by atoms with van der Waals surface area (Å²) >= 11 is 0. The molecule has 0 saturated carbocycles. The molecule has 3 heterocycles. The molecule has 0 spiro atoms. The minimum absolute atomic E-state index is 0.0994. The van der Waals surface area contributed by atoms with Gasteiger partial charge in [-0.1, -0.05) is 18.2 Å². The number of nitrogens with one attached hydrogen (secondary N) is 1. The molecule has 1 unspecified atom stereocenters. The highest BCUT2D eigenvalue weighted by atomic mass is 16.4. The monoisotopic (exact) mass is 456 g/mol. The molecule has 1 atom stereocenters. The highest BCUT2D eigenvalue weighted by Crippen LogP contribution is 2.34. The first kappa shape index (κ1) is 23.5. The van der Waals surface area contributed by atoms with E-state index in [1.807, 2.05) is 43.0 Å². The highest BCUT2D eigenvalue weighted by molar-refractivity contribution is 6.03. The Balaban J connectivity index is 1.60. The quantitative estimate of drug-likeness (QED) is 0.727. The minimum atomic E-state index is -1.08. The Morgan fingerprint density at radius 3 is 2.33 bits per heavy atom. The van der Waals surface area contributed by atoms with E-state index >= 15 is 0 Å². The van der Waals surface area contributed by atoms with Crippen LogP contribution in [0.25, 0.3) is 0 Å². The number of nitrogens with zero attached hydrogens (tertiary/aromatic N) is 3. The number of benzene rings is 1. The van der Waals surface area contributed by atoms with Gasteiger partial charge in [0, 0.05) is 25.7 Å². The van der Waals surface area contributed by atoms with Gasteiger partial charge in [0.25, 0.3) is 0 Å². The minimum Gasteiger partial charge on any atom is -0.481 e. The zero-order valence-electron chi connectivity index (χ0n) is 19.7. The number of rotatable bonds is 4. The van der Waals surface area contributed by atoms with Gasteiger partial charge in [0.1, 0.15) is 6.04 Å². The van der Waals surface area contributed by atoms with Crippen molar-refractivity contribution in [3.63, 3.8) is 0 Å². The van der Waals surface area contributed by atoms with Crippen LogP contribution in [0.4, 0.5) is 10.5 Å². The predicted molar refractivity (Wildman–Crippen MR) is 126 cm³/mol. The van der Waals surface area contributed by atoms with Crippen LogP contribution in [-0.4, -0.2) is 71.1 Å². The molecule has 8 nitrogen and oxygen atoms in total. The fourth-order valence-corrected chi connectivity index (χ4v) is 5.66. The first-order valence-electron chi connectivity index (χ1n) is 12.3. The Bertz CT molecular complexity index is 875. The number of carbonyl (C=O) groups excluding carboxylic acids is 2. The maximum Gasteiger partial charge on any atom is 0.325 e. The van der Waals surface area contributed by atoms with Crippen LogP contribution in [0.15, 0.2) is 24.3 Å². The molecule has 3 aliphatic heterocycles. The maximum atomic E-state index is 13.8. The number of carboxylic acids is 1. The molecule has 180 valence electrons. The van der Waals surface area contributed by atoms with Gasteiger partial charge in [-0.25, -0.2) is 4.79 Å². The Hall–Kier alpha value is -2.61. The van der Waals surface area contributed by atoms with Crippen molar-refractivity contribution >= 4 is 23.6 Å². The van der Waals surface area contributed by atoms with Gasteiger partial charge in [0.2, 0.25) is 5.91 Å². The van der Waals surface area contributed by atoms with E-state index in [1.165, 1.54) is 17.7 Å². The summed E-state index contributed by atoms with van der Waals surface area (Å²) in [6, 6.07) is 6.09. The summed E-state index contributed by atoms with van der Waals surface area (Å²) in [5.74, 6) is -0.0517. The van der Waals surface area contributed by atoms with Crippen LogP contribution in [-0.2, 0) is 16.1 Å².